The van der Waals surface area contributed by atoms with Crippen molar-refractivity contribution in [2.24, 2.45) is 0 Å². The minimum absolute atomic E-state index is 0.0977. The smallest absolute Gasteiger partial charge is 0.342 e. The van der Waals surface area contributed by atoms with Crippen LogP contribution in [0.5, 0.6) is 0 Å². The Labute approximate surface area is 150 Å². The molecule has 0 radical (unpaired) electrons. The van der Waals surface area contributed by atoms with Crippen LogP contribution in [-0.4, -0.2) is 25.9 Å². The number of benzene rings is 2. The number of rotatable bonds is 3. The first-order valence-electron chi connectivity index (χ1n) is 6.96. The van der Waals surface area contributed by atoms with Gasteiger partial charge in [-0.3, -0.25) is 25.2 Å². The number of carbonyl (C=O) groups is 1. The maximum atomic E-state index is 10.5. The third kappa shape index (κ3) is 4.28. The number of non-ortho nitro benzene ring substituents is 1. The highest BCUT2D eigenvalue weighted by atomic mass is 35.5. The number of nitro benzene ring substituents is 2. The predicted octanol–water partition coefficient (Wildman–Crippen LogP) is 4.09. The van der Waals surface area contributed by atoms with Crippen molar-refractivity contribution in [3.05, 3.63) is 85.5 Å². The van der Waals surface area contributed by atoms with Crippen molar-refractivity contribution in [2.45, 2.75) is 0 Å². The number of nitrogens with zero attached hydrogens (tertiary/aromatic N) is 3. The minimum Gasteiger partial charge on any atom is -0.477 e. The van der Waals surface area contributed by atoms with E-state index in [9.17, 15) is 25.0 Å². The molecule has 3 rings (SSSR count). The van der Waals surface area contributed by atoms with E-state index < -0.39 is 27.1 Å². The third-order valence-corrected chi connectivity index (χ3v) is 3.50. The van der Waals surface area contributed by atoms with Gasteiger partial charge in [0.2, 0.25) is 0 Å². The van der Waals surface area contributed by atoms with Crippen LogP contribution in [0.3, 0.4) is 0 Å². The normalized spacial score (nSPS) is 9.88. The lowest BCUT2D eigenvalue weighted by molar-refractivity contribution is -0.385. The predicted molar refractivity (Wildman–Crippen MR) is 93.5 cm³/mol. The van der Waals surface area contributed by atoms with Gasteiger partial charge in [0.05, 0.1) is 15.4 Å². The van der Waals surface area contributed by atoms with Crippen LogP contribution >= 0.6 is 11.6 Å². The summed E-state index contributed by atoms with van der Waals surface area (Å²) in [5.74, 6) is -1.37. The highest BCUT2D eigenvalue weighted by Crippen LogP contribution is 2.27. The molecule has 9 nitrogen and oxygen atoms in total. The second-order valence-corrected chi connectivity index (χ2v) is 5.24. The molecule has 0 atom stereocenters. The van der Waals surface area contributed by atoms with Crippen LogP contribution in [-0.2, 0) is 0 Å². The average molecular weight is 376 g/mol. The molecular formula is C16H10ClN3O6. The van der Waals surface area contributed by atoms with E-state index >= 15 is 0 Å². The summed E-state index contributed by atoms with van der Waals surface area (Å²) < 4.78 is 0. The molecule has 2 aromatic carbocycles. The highest BCUT2D eigenvalue weighted by Gasteiger charge is 2.22. The second-order valence-electron chi connectivity index (χ2n) is 4.84. The van der Waals surface area contributed by atoms with E-state index in [0.717, 1.165) is 17.0 Å². The number of nitro groups is 2. The summed E-state index contributed by atoms with van der Waals surface area (Å²) >= 11 is 5.46. The fraction of sp³-hybridized carbons (Fsp3) is 0. The Bertz CT molecular complexity index is 1010. The number of hydrogen-bond acceptors (Lipinski definition) is 6. The lowest BCUT2D eigenvalue weighted by atomic mass is 10.2. The molecule has 0 aliphatic carbocycles. The van der Waals surface area contributed by atoms with E-state index in [-0.39, 0.29) is 10.7 Å². The van der Waals surface area contributed by atoms with E-state index in [1.165, 1.54) is 24.3 Å². The van der Waals surface area contributed by atoms with Gasteiger partial charge in [-0.25, -0.2) is 4.79 Å². The molecule has 0 aliphatic heterocycles. The Balaban J connectivity index is 0.000000187. The van der Waals surface area contributed by atoms with Crippen molar-refractivity contribution in [1.82, 2.24) is 4.98 Å². The summed E-state index contributed by atoms with van der Waals surface area (Å²) in [7, 11) is 0. The number of hydrogen-bond donors (Lipinski definition) is 1. The molecule has 0 bridgehead atoms. The number of aromatic nitrogens is 1. The van der Waals surface area contributed by atoms with Crippen LogP contribution in [0.1, 0.15) is 10.4 Å². The lowest BCUT2D eigenvalue weighted by Gasteiger charge is -1.98. The molecule has 3 aromatic rings. The van der Waals surface area contributed by atoms with Crippen LogP contribution in [0.15, 0.2) is 54.7 Å². The van der Waals surface area contributed by atoms with Gasteiger partial charge in [-0.2, -0.15) is 0 Å². The molecule has 132 valence electrons. The molecular weight excluding hydrogens is 366 g/mol. The Morgan fingerprint density at radius 2 is 1.77 bits per heavy atom. The molecule has 1 N–H and O–H groups in total. The summed E-state index contributed by atoms with van der Waals surface area (Å²) in [4.78, 5) is 34.2. The number of para-hydroxylation sites is 1. The van der Waals surface area contributed by atoms with Crippen molar-refractivity contribution in [3.8, 4) is 0 Å². The molecule has 0 spiro atoms. The van der Waals surface area contributed by atoms with E-state index in [0.29, 0.717) is 0 Å². The van der Waals surface area contributed by atoms with Gasteiger partial charge >= 0.3 is 11.7 Å². The average Bonchev–Trinajstić information content (AvgIpc) is 2.61. The van der Waals surface area contributed by atoms with Gasteiger partial charge < -0.3 is 5.11 Å². The van der Waals surface area contributed by atoms with Gasteiger partial charge in [0, 0.05) is 23.7 Å². The van der Waals surface area contributed by atoms with Gasteiger partial charge in [-0.05, 0) is 24.3 Å². The van der Waals surface area contributed by atoms with Gasteiger partial charge in [0.15, 0.2) is 0 Å². The maximum absolute atomic E-state index is 10.5. The molecule has 0 amide bonds. The van der Waals surface area contributed by atoms with Gasteiger partial charge in [-0.1, -0.05) is 23.7 Å². The topological polar surface area (TPSA) is 136 Å². The van der Waals surface area contributed by atoms with Crippen molar-refractivity contribution in [1.29, 1.82) is 0 Å². The fourth-order valence-electron chi connectivity index (χ4n) is 2.05. The molecule has 0 saturated heterocycles. The third-order valence-electron chi connectivity index (χ3n) is 3.20. The Morgan fingerprint density at radius 3 is 2.35 bits per heavy atom. The minimum atomic E-state index is -1.37. The molecule has 0 unspecified atom stereocenters. The number of halogens is 1. The molecule has 1 heterocycles. The van der Waals surface area contributed by atoms with Gasteiger partial charge in [0.1, 0.15) is 10.6 Å². The summed E-state index contributed by atoms with van der Waals surface area (Å²) in [5.41, 5.74) is -0.109. The van der Waals surface area contributed by atoms with Crippen LogP contribution in [0.2, 0.25) is 5.02 Å². The lowest BCUT2D eigenvalue weighted by Crippen LogP contribution is -2.02. The Hall–Kier alpha value is -3.59. The SMILES string of the molecule is O=C(O)c1cccc(Cl)c1[N+](=O)[O-].O=[N+]([O-])c1ccc2ncccc2c1. The van der Waals surface area contributed by atoms with Crippen molar-refractivity contribution < 1.29 is 19.7 Å². The maximum Gasteiger partial charge on any atom is 0.342 e. The number of aromatic carboxylic acids is 1. The summed E-state index contributed by atoms with van der Waals surface area (Å²) in [5, 5.41) is 30.0. The zero-order valence-electron chi connectivity index (χ0n) is 12.9. The van der Waals surface area contributed by atoms with E-state index in [2.05, 4.69) is 4.98 Å². The van der Waals surface area contributed by atoms with E-state index in [4.69, 9.17) is 16.7 Å². The second kappa shape index (κ2) is 7.99. The zero-order valence-corrected chi connectivity index (χ0v) is 13.7. The monoisotopic (exact) mass is 375 g/mol. The van der Waals surface area contributed by atoms with Gasteiger partial charge in [-0.15, -0.1) is 0 Å². The molecule has 0 saturated carbocycles. The van der Waals surface area contributed by atoms with Crippen molar-refractivity contribution >= 4 is 39.8 Å². The van der Waals surface area contributed by atoms with Gasteiger partial charge in [0.25, 0.3) is 5.69 Å². The van der Waals surface area contributed by atoms with Crippen LogP contribution in [0, 0.1) is 20.2 Å². The molecule has 26 heavy (non-hydrogen) atoms. The highest BCUT2D eigenvalue weighted by molar-refractivity contribution is 6.33. The number of carboxylic acid groups (broad SMARTS) is 1. The molecule has 0 fully saturated rings. The Kier molecular flexibility index (Phi) is 5.76. The standard InChI is InChI=1S/C9H6N2O2.C7H4ClNO4/c12-11(13)8-3-4-9-7(6-8)2-1-5-10-9;8-5-3-1-2-4(7(10)11)6(5)9(12)13/h1-6H;1-3H,(H,10,11). The first kappa shape index (κ1) is 18.7. The first-order chi connectivity index (χ1) is 12.3. The summed E-state index contributed by atoms with van der Waals surface area (Å²) in [6, 6.07) is 11.9. The quantitative estimate of drug-likeness (QED) is 0.537. The first-order valence-corrected chi connectivity index (χ1v) is 7.34. The fourth-order valence-corrected chi connectivity index (χ4v) is 2.29. The van der Waals surface area contributed by atoms with Crippen LogP contribution in [0.4, 0.5) is 11.4 Å². The van der Waals surface area contributed by atoms with Crippen molar-refractivity contribution in [2.75, 3.05) is 0 Å². The molecule has 1 aromatic heterocycles. The Morgan fingerprint density at radius 1 is 1.04 bits per heavy atom. The molecule has 10 heteroatoms. The zero-order chi connectivity index (χ0) is 19.3. The number of fused-ring (bicyclic) bond motifs is 1. The van der Waals surface area contributed by atoms with Crippen molar-refractivity contribution in [3.63, 3.8) is 0 Å². The van der Waals surface area contributed by atoms with Crippen LogP contribution < -0.4 is 0 Å². The van der Waals surface area contributed by atoms with Crippen LogP contribution in [0.25, 0.3) is 10.9 Å². The summed E-state index contributed by atoms with van der Waals surface area (Å²) in [6.07, 6.45) is 1.66. The summed E-state index contributed by atoms with van der Waals surface area (Å²) in [6.45, 7) is 0. The number of pyridine rings is 1. The largest absolute Gasteiger partial charge is 0.477 e. The molecule has 0 aliphatic rings. The van der Waals surface area contributed by atoms with E-state index in [1.54, 1.807) is 24.4 Å². The number of carboxylic acids is 1. The van der Waals surface area contributed by atoms with E-state index in [1.807, 2.05) is 0 Å².